The summed E-state index contributed by atoms with van der Waals surface area (Å²) in [5.41, 5.74) is 0. The van der Waals surface area contributed by atoms with Gasteiger partial charge in [0.25, 0.3) is 0 Å². The van der Waals surface area contributed by atoms with E-state index in [1.54, 1.807) is 6.08 Å². The molecule has 1 aliphatic heterocycles. The molecule has 0 aliphatic carbocycles. The van der Waals surface area contributed by atoms with E-state index < -0.39 is 49.5 Å². The first kappa shape index (κ1) is 60.2. The van der Waals surface area contributed by atoms with Crippen molar-refractivity contribution in [3.63, 3.8) is 0 Å². The van der Waals surface area contributed by atoms with Crippen molar-refractivity contribution in [2.45, 2.75) is 281 Å². The number of carbonyl (C=O) groups excluding carboxylic acids is 1. The monoisotopic (exact) mass is 904 g/mol. The molecule has 0 saturated carbocycles. The van der Waals surface area contributed by atoms with Gasteiger partial charge in [-0.2, -0.15) is 0 Å². The fourth-order valence-corrected chi connectivity index (χ4v) is 8.30. The molecule has 7 unspecified atom stereocenters. The molecule has 9 nitrogen and oxygen atoms in total. The topological polar surface area (TPSA) is 149 Å². The van der Waals surface area contributed by atoms with Crippen LogP contribution in [0.15, 0.2) is 48.6 Å². The van der Waals surface area contributed by atoms with Crippen molar-refractivity contribution in [2.24, 2.45) is 0 Å². The molecular weight excluding hydrogens is 803 g/mol. The quantitative estimate of drug-likeness (QED) is 0.0261. The zero-order valence-electron chi connectivity index (χ0n) is 41.3. The molecule has 7 atom stereocenters. The third kappa shape index (κ3) is 34.5. The second-order valence-corrected chi connectivity index (χ2v) is 18.6. The van der Waals surface area contributed by atoms with Crippen LogP contribution in [0.3, 0.4) is 0 Å². The maximum atomic E-state index is 13.0. The Kier molecular flexibility index (Phi) is 42.3. The summed E-state index contributed by atoms with van der Waals surface area (Å²) in [6.45, 7) is 3.76. The Hall–Kier alpha value is -1.85. The Bertz CT molecular complexity index is 1140. The Labute approximate surface area is 393 Å². The molecule has 0 spiro atoms. The summed E-state index contributed by atoms with van der Waals surface area (Å²) in [6, 6.07) is -0.829. The Morgan fingerprint density at radius 2 is 0.891 bits per heavy atom. The van der Waals surface area contributed by atoms with Crippen LogP contribution in [0.4, 0.5) is 0 Å². The minimum Gasteiger partial charge on any atom is -0.394 e. The molecule has 0 bridgehead atoms. The van der Waals surface area contributed by atoms with Crippen LogP contribution in [0.5, 0.6) is 0 Å². The average Bonchev–Trinajstić information content (AvgIpc) is 3.29. The Morgan fingerprint density at radius 1 is 0.516 bits per heavy atom. The van der Waals surface area contributed by atoms with Crippen LogP contribution in [0.1, 0.15) is 239 Å². The molecule has 0 radical (unpaired) electrons. The van der Waals surface area contributed by atoms with E-state index in [0.717, 1.165) is 44.9 Å². The fraction of sp³-hybridized carbons (Fsp3) is 0.836. The van der Waals surface area contributed by atoms with E-state index in [9.17, 15) is 30.3 Å². The van der Waals surface area contributed by atoms with Crippen molar-refractivity contribution in [2.75, 3.05) is 13.2 Å². The lowest BCUT2D eigenvalue weighted by Crippen LogP contribution is -2.60. The van der Waals surface area contributed by atoms with E-state index in [-0.39, 0.29) is 12.5 Å². The number of amides is 1. The number of carbonyl (C=O) groups is 1. The highest BCUT2D eigenvalue weighted by molar-refractivity contribution is 5.76. The molecular formula is C55H101NO8. The van der Waals surface area contributed by atoms with Crippen LogP contribution in [-0.4, -0.2) is 87.5 Å². The summed E-state index contributed by atoms with van der Waals surface area (Å²) in [5.74, 6) is -0.193. The van der Waals surface area contributed by atoms with Gasteiger partial charge in [-0.3, -0.25) is 4.79 Å². The number of ether oxygens (including phenoxy) is 2. The number of hydrogen-bond acceptors (Lipinski definition) is 8. The molecule has 0 aromatic rings. The molecule has 374 valence electrons. The minimum atomic E-state index is -1.58. The van der Waals surface area contributed by atoms with E-state index in [1.165, 1.54) is 173 Å². The lowest BCUT2D eigenvalue weighted by Gasteiger charge is -2.40. The summed E-state index contributed by atoms with van der Waals surface area (Å²) in [6.07, 6.45) is 51.6. The SMILES string of the molecule is CCCCCCCC/C=C\CCCCCCCCCCCC(=O)NC(COC1OC(CO)C(O)C(O)C1O)C(O)/C=C/CC/C=C/CC/C=C/CCCCCCCCCCCCCC. The molecule has 1 heterocycles. The number of aliphatic hydroxyl groups is 5. The summed E-state index contributed by atoms with van der Waals surface area (Å²) in [5, 5.41) is 54.4. The van der Waals surface area contributed by atoms with Crippen molar-refractivity contribution in [1.82, 2.24) is 5.32 Å². The highest BCUT2D eigenvalue weighted by Gasteiger charge is 2.44. The number of allylic oxidation sites excluding steroid dienone is 7. The first-order valence-corrected chi connectivity index (χ1v) is 26.9. The molecule has 1 fully saturated rings. The van der Waals surface area contributed by atoms with Crippen molar-refractivity contribution in [3.8, 4) is 0 Å². The van der Waals surface area contributed by atoms with Crippen molar-refractivity contribution >= 4 is 5.91 Å². The van der Waals surface area contributed by atoms with Crippen LogP contribution in [0, 0.1) is 0 Å². The van der Waals surface area contributed by atoms with Gasteiger partial charge in [-0.1, -0.05) is 210 Å². The maximum Gasteiger partial charge on any atom is 0.220 e. The summed E-state index contributed by atoms with van der Waals surface area (Å²) in [7, 11) is 0. The molecule has 0 aromatic heterocycles. The highest BCUT2D eigenvalue weighted by Crippen LogP contribution is 2.23. The predicted molar refractivity (Wildman–Crippen MR) is 267 cm³/mol. The lowest BCUT2D eigenvalue weighted by molar-refractivity contribution is -0.302. The molecule has 1 amide bonds. The van der Waals surface area contributed by atoms with Crippen molar-refractivity contribution < 1.29 is 39.8 Å². The Morgan fingerprint density at radius 3 is 1.31 bits per heavy atom. The largest absolute Gasteiger partial charge is 0.394 e. The second kappa shape index (κ2) is 45.0. The zero-order chi connectivity index (χ0) is 46.6. The molecule has 64 heavy (non-hydrogen) atoms. The van der Waals surface area contributed by atoms with Gasteiger partial charge in [0.2, 0.25) is 5.91 Å². The van der Waals surface area contributed by atoms with Gasteiger partial charge in [0.15, 0.2) is 6.29 Å². The minimum absolute atomic E-state index is 0.193. The maximum absolute atomic E-state index is 13.0. The first-order valence-electron chi connectivity index (χ1n) is 26.9. The molecule has 9 heteroatoms. The molecule has 1 aliphatic rings. The van der Waals surface area contributed by atoms with Gasteiger partial charge in [0.05, 0.1) is 25.4 Å². The number of unbranched alkanes of at least 4 members (excludes halogenated alkanes) is 29. The smallest absolute Gasteiger partial charge is 0.220 e. The van der Waals surface area contributed by atoms with Crippen LogP contribution in [0.25, 0.3) is 0 Å². The highest BCUT2D eigenvalue weighted by atomic mass is 16.7. The summed E-state index contributed by atoms with van der Waals surface area (Å²) < 4.78 is 11.2. The fourth-order valence-electron chi connectivity index (χ4n) is 8.30. The number of nitrogens with one attached hydrogen (secondary N) is 1. The van der Waals surface area contributed by atoms with Crippen LogP contribution in [0.2, 0.25) is 0 Å². The second-order valence-electron chi connectivity index (χ2n) is 18.6. The van der Waals surface area contributed by atoms with Gasteiger partial charge >= 0.3 is 0 Å². The van der Waals surface area contributed by atoms with E-state index in [4.69, 9.17) is 9.47 Å². The van der Waals surface area contributed by atoms with Gasteiger partial charge in [-0.15, -0.1) is 0 Å². The molecule has 6 N–H and O–H groups in total. The lowest BCUT2D eigenvalue weighted by atomic mass is 9.99. The van der Waals surface area contributed by atoms with Gasteiger partial charge in [-0.25, -0.2) is 0 Å². The van der Waals surface area contributed by atoms with Crippen LogP contribution < -0.4 is 5.32 Å². The van der Waals surface area contributed by atoms with Gasteiger partial charge in [0, 0.05) is 6.42 Å². The standard InChI is InChI=1S/C55H101NO8/c1-3-5-7-9-11-13-15-17-19-21-23-24-25-27-28-30-32-34-36-38-40-42-44-49(58)48(47-63-55-54(62)53(61)52(60)50(46-57)64-55)56-51(59)45-43-41-39-37-35-33-31-29-26-22-20-18-16-14-12-10-8-6-4-2/h18,20,27-28,34,36,42,44,48-50,52-55,57-58,60-62H,3-17,19,21-26,29-33,35,37-41,43,45-47H2,1-2H3,(H,56,59)/b20-18-,28-27+,36-34+,44-42+. The third-order valence-corrected chi connectivity index (χ3v) is 12.6. The molecule has 1 saturated heterocycles. The summed E-state index contributed by atoms with van der Waals surface area (Å²) in [4.78, 5) is 13.0. The number of aliphatic hydroxyl groups excluding tert-OH is 5. The number of hydrogen-bond donors (Lipinski definition) is 6. The average molecular weight is 904 g/mol. The van der Waals surface area contributed by atoms with Crippen molar-refractivity contribution in [1.29, 1.82) is 0 Å². The van der Waals surface area contributed by atoms with E-state index in [0.29, 0.717) is 6.42 Å². The van der Waals surface area contributed by atoms with Crippen LogP contribution >= 0.6 is 0 Å². The normalized spacial score (nSPS) is 20.4. The van der Waals surface area contributed by atoms with Gasteiger partial charge in [0.1, 0.15) is 24.4 Å². The summed E-state index contributed by atoms with van der Waals surface area (Å²) >= 11 is 0. The van der Waals surface area contributed by atoms with E-state index in [2.05, 4.69) is 55.6 Å². The molecule has 0 aromatic carbocycles. The third-order valence-electron chi connectivity index (χ3n) is 12.6. The zero-order valence-corrected chi connectivity index (χ0v) is 41.3. The first-order chi connectivity index (χ1) is 31.3. The van der Waals surface area contributed by atoms with E-state index >= 15 is 0 Å². The molecule has 1 rings (SSSR count). The number of rotatable bonds is 45. The Balaban J connectivity index is 2.32. The van der Waals surface area contributed by atoms with Crippen LogP contribution in [-0.2, 0) is 14.3 Å². The van der Waals surface area contributed by atoms with Gasteiger partial charge < -0.3 is 40.3 Å². The van der Waals surface area contributed by atoms with E-state index in [1.807, 2.05) is 6.08 Å². The van der Waals surface area contributed by atoms with Crippen molar-refractivity contribution in [3.05, 3.63) is 48.6 Å². The predicted octanol–water partition coefficient (Wildman–Crippen LogP) is 12.6. The van der Waals surface area contributed by atoms with Gasteiger partial charge in [-0.05, 0) is 70.6 Å².